The van der Waals surface area contributed by atoms with Crippen molar-refractivity contribution in [3.8, 4) is 0 Å². The van der Waals surface area contributed by atoms with Gasteiger partial charge in [-0.05, 0) is 43.7 Å². The zero-order valence-corrected chi connectivity index (χ0v) is 11.4. The molecular formula is C15H18N4. The number of amidine groups is 1. The Morgan fingerprint density at radius 1 is 1.21 bits per heavy atom. The molecule has 98 valence electrons. The first-order valence-electron chi connectivity index (χ1n) is 6.11. The van der Waals surface area contributed by atoms with Crippen molar-refractivity contribution in [2.45, 2.75) is 13.8 Å². The van der Waals surface area contributed by atoms with Crippen molar-refractivity contribution in [1.82, 2.24) is 4.98 Å². The van der Waals surface area contributed by atoms with Gasteiger partial charge in [-0.1, -0.05) is 12.1 Å². The Hall–Kier alpha value is -2.36. The van der Waals surface area contributed by atoms with Gasteiger partial charge in [-0.3, -0.25) is 5.41 Å². The molecule has 0 aliphatic rings. The second-order valence-corrected chi connectivity index (χ2v) is 4.64. The zero-order valence-electron chi connectivity index (χ0n) is 11.4. The lowest BCUT2D eigenvalue weighted by Crippen LogP contribution is -2.20. The fourth-order valence-corrected chi connectivity index (χ4v) is 1.97. The van der Waals surface area contributed by atoms with E-state index in [1.165, 1.54) is 5.56 Å². The molecule has 1 aromatic carbocycles. The Bertz CT molecular complexity index is 619. The summed E-state index contributed by atoms with van der Waals surface area (Å²) in [5, 5.41) is 7.66. The summed E-state index contributed by atoms with van der Waals surface area (Å²) in [6.07, 6.45) is 0. The van der Waals surface area contributed by atoms with E-state index in [1.807, 2.05) is 56.1 Å². The number of benzene rings is 1. The van der Waals surface area contributed by atoms with Crippen LogP contribution in [-0.4, -0.2) is 17.9 Å². The molecule has 2 rings (SSSR count). The number of aryl methyl sites for hydroxylation is 2. The first-order valence-corrected chi connectivity index (χ1v) is 6.11. The number of nitrogens with one attached hydrogen (secondary N) is 1. The van der Waals surface area contributed by atoms with Gasteiger partial charge in [-0.2, -0.15) is 0 Å². The van der Waals surface area contributed by atoms with Crippen molar-refractivity contribution in [2.75, 3.05) is 11.9 Å². The van der Waals surface area contributed by atoms with Gasteiger partial charge in [0.05, 0.1) is 5.56 Å². The molecule has 0 aliphatic carbocycles. The number of pyridine rings is 1. The van der Waals surface area contributed by atoms with Crippen molar-refractivity contribution in [3.63, 3.8) is 0 Å². The van der Waals surface area contributed by atoms with Crippen LogP contribution in [0.5, 0.6) is 0 Å². The van der Waals surface area contributed by atoms with Crippen LogP contribution in [0.15, 0.2) is 36.4 Å². The summed E-state index contributed by atoms with van der Waals surface area (Å²) < 4.78 is 0. The molecule has 0 radical (unpaired) electrons. The number of hydrogen-bond acceptors (Lipinski definition) is 3. The smallest absolute Gasteiger partial charge is 0.144 e. The molecule has 4 heteroatoms. The third-order valence-electron chi connectivity index (χ3n) is 3.01. The van der Waals surface area contributed by atoms with E-state index in [0.29, 0.717) is 11.4 Å². The average Bonchev–Trinajstić information content (AvgIpc) is 2.37. The molecule has 1 aromatic heterocycles. The number of anilines is 2. The number of aromatic nitrogens is 1. The molecule has 0 fully saturated rings. The SMILES string of the molecule is Cc1cccc(N(C)c2nc(C)ccc2C(=N)N)c1. The Morgan fingerprint density at radius 3 is 2.58 bits per heavy atom. The monoisotopic (exact) mass is 254 g/mol. The van der Waals surface area contributed by atoms with Gasteiger partial charge in [0.1, 0.15) is 11.7 Å². The summed E-state index contributed by atoms with van der Waals surface area (Å²) >= 11 is 0. The third-order valence-corrected chi connectivity index (χ3v) is 3.01. The minimum Gasteiger partial charge on any atom is -0.384 e. The average molecular weight is 254 g/mol. The van der Waals surface area contributed by atoms with E-state index in [1.54, 1.807) is 0 Å². The zero-order chi connectivity index (χ0) is 14.0. The highest BCUT2D eigenvalue weighted by Crippen LogP contribution is 2.25. The van der Waals surface area contributed by atoms with Crippen molar-refractivity contribution in [1.29, 1.82) is 5.41 Å². The van der Waals surface area contributed by atoms with Crippen LogP contribution in [0.4, 0.5) is 11.5 Å². The van der Waals surface area contributed by atoms with Crippen LogP contribution in [0.2, 0.25) is 0 Å². The minimum atomic E-state index is 0.0296. The Morgan fingerprint density at radius 2 is 1.95 bits per heavy atom. The number of nitrogens with two attached hydrogens (primary N) is 1. The largest absolute Gasteiger partial charge is 0.384 e. The molecule has 4 nitrogen and oxygen atoms in total. The van der Waals surface area contributed by atoms with Crippen LogP contribution in [-0.2, 0) is 0 Å². The quantitative estimate of drug-likeness (QED) is 0.654. The summed E-state index contributed by atoms with van der Waals surface area (Å²) in [5.74, 6) is 0.736. The van der Waals surface area contributed by atoms with Gasteiger partial charge in [-0.25, -0.2) is 4.98 Å². The Labute approximate surface area is 113 Å². The van der Waals surface area contributed by atoms with Crippen LogP contribution in [0.1, 0.15) is 16.8 Å². The van der Waals surface area contributed by atoms with Gasteiger partial charge in [0.2, 0.25) is 0 Å². The first-order chi connectivity index (χ1) is 8.99. The standard InChI is InChI=1S/C15H18N4/c1-10-5-4-6-12(9-10)19(3)15-13(14(16)17)8-7-11(2)18-15/h4-9H,1-3H3,(H3,16,17). The van der Waals surface area contributed by atoms with E-state index < -0.39 is 0 Å². The fraction of sp³-hybridized carbons (Fsp3) is 0.200. The predicted molar refractivity (Wildman–Crippen MR) is 79.2 cm³/mol. The molecule has 1 heterocycles. The second-order valence-electron chi connectivity index (χ2n) is 4.64. The van der Waals surface area contributed by atoms with E-state index in [4.69, 9.17) is 11.1 Å². The van der Waals surface area contributed by atoms with E-state index >= 15 is 0 Å². The van der Waals surface area contributed by atoms with Crippen molar-refractivity contribution < 1.29 is 0 Å². The number of nitrogens with zero attached hydrogens (tertiary/aromatic N) is 2. The molecule has 0 bridgehead atoms. The maximum Gasteiger partial charge on any atom is 0.144 e. The molecular weight excluding hydrogens is 236 g/mol. The normalized spacial score (nSPS) is 10.3. The van der Waals surface area contributed by atoms with Gasteiger partial charge in [0, 0.05) is 18.4 Å². The van der Waals surface area contributed by atoms with Crippen LogP contribution < -0.4 is 10.6 Å². The summed E-state index contributed by atoms with van der Waals surface area (Å²) in [6, 6.07) is 11.8. The predicted octanol–water partition coefficient (Wildman–Crippen LogP) is 2.75. The second kappa shape index (κ2) is 5.10. The molecule has 0 amide bonds. The van der Waals surface area contributed by atoms with Crippen molar-refractivity contribution in [3.05, 3.63) is 53.2 Å². The third kappa shape index (κ3) is 2.73. The summed E-state index contributed by atoms with van der Waals surface area (Å²) in [4.78, 5) is 6.46. The highest BCUT2D eigenvalue weighted by Gasteiger charge is 2.13. The first kappa shape index (κ1) is 13.1. The van der Waals surface area contributed by atoms with Gasteiger partial charge in [-0.15, -0.1) is 0 Å². The lowest BCUT2D eigenvalue weighted by molar-refractivity contribution is 1.08. The lowest BCUT2D eigenvalue weighted by Gasteiger charge is -2.21. The Balaban J connectivity index is 2.51. The molecule has 3 N–H and O–H groups in total. The highest BCUT2D eigenvalue weighted by atomic mass is 15.2. The molecule has 0 aliphatic heterocycles. The van der Waals surface area contributed by atoms with Gasteiger partial charge in [0.25, 0.3) is 0 Å². The van der Waals surface area contributed by atoms with Crippen molar-refractivity contribution >= 4 is 17.3 Å². The number of nitrogen functional groups attached to an aromatic ring is 1. The van der Waals surface area contributed by atoms with Crippen LogP contribution in [0.25, 0.3) is 0 Å². The molecule has 0 unspecified atom stereocenters. The van der Waals surface area contributed by atoms with E-state index in [2.05, 4.69) is 11.1 Å². The molecule has 0 atom stereocenters. The summed E-state index contributed by atoms with van der Waals surface area (Å²) in [7, 11) is 1.93. The van der Waals surface area contributed by atoms with Crippen LogP contribution in [0.3, 0.4) is 0 Å². The summed E-state index contributed by atoms with van der Waals surface area (Å²) in [5.41, 5.74) is 9.39. The minimum absolute atomic E-state index is 0.0296. The van der Waals surface area contributed by atoms with Crippen LogP contribution >= 0.6 is 0 Å². The molecule has 0 saturated carbocycles. The molecule has 0 saturated heterocycles. The number of rotatable bonds is 3. The maximum absolute atomic E-state index is 7.66. The molecule has 2 aromatic rings. The van der Waals surface area contributed by atoms with Crippen molar-refractivity contribution in [2.24, 2.45) is 5.73 Å². The number of hydrogen-bond donors (Lipinski definition) is 2. The fourth-order valence-electron chi connectivity index (χ4n) is 1.97. The molecule has 0 spiro atoms. The lowest BCUT2D eigenvalue weighted by atomic mass is 10.1. The van der Waals surface area contributed by atoms with Gasteiger partial charge >= 0.3 is 0 Å². The van der Waals surface area contributed by atoms with Gasteiger partial charge in [0.15, 0.2) is 0 Å². The topological polar surface area (TPSA) is 66.0 Å². The Kier molecular flexibility index (Phi) is 3.51. The van der Waals surface area contributed by atoms with Crippen LogP contribution in [0, 0.1) is 19.3 Å². The van der Waals surface area contributed by atoms with Gasteiger partial charge < -0.3 is 10.6 Å². The maximum atomic E-state index is 7.66. The van der Waals surface area contributed by atoms with E-state index in [-0.39, 0.29) is 5.84 Å². The molecule has 19 heavy (non-hydrogen) atoms. The highest BCUT2D eigenvalue weighted by molar-refractivity contribution is 6.00. The summed E-state index contributed by atoms with van der Waals surface area (Å²) in [6.45, 7) is 3.98. The van der Waals surface area contributed by atoms with E-state index in [0.717, 1.165) is 11.4 Å². The van der Waals surface area contributed by atoms with E-state index in [9.17, 15) is 0 Å².